The molecule has 0 spiro atoms. The average Bonchev–Trinajstić information content (AvgIpc) is 2.69. The second-order valence-electron chi connectivity index (χ2n) is 2.50. The molecule has 0 saturated carbocycles. The van der Waals surface area contributed by atoms with Crippen molar-refractivity contribution in [3.8, 4) is 0 Å². The quantitative estimate of drug-likeness (QED) is 0.638. The fraction of sp³-hybridized carbons (Fsp3) is 0. The van der Waals surface area contributed by atoms with E-state index < -0.39 is 0 Å². The summed E-state index contributed by atoms with van der Waals surface area (Å²) in [5.74, 6) is 0. The van der Waals surface area contributed by atoms with E-state index in [0.717, 1.165) is 5.56 Å². The topological polar surface area (TPSA) is 43.1 Å². The highest BCUT2D eigenvalue weighted by molar-refractivity contribution is 5.79. The minimum atomic E-state index is 1.05. The summed E-state index contributed by atoms with van der Waals surface area (Å²) in [4.78, 5) is 0. The lowest BCUT2D eigenvalue weighted by atomic mass is 10.2. The summed E-state index contributed by atoms with van der Waals surface area (Å²) < 4.78 is 1.55. The van der Waals surface area contributed by atoms with E-state index in [9.17, 15) is 0 Å². The van der Waals surface area contributed by atoms with Crippen LogP contribution in [0.1, 0.15) is 5.56 Å². The first kappa shape index (κ1) is 7.67. The lowest BCUT2D eigenvalue weighted by Gasteiger charge is -1.90. The van der Waals surface area contributed by atoms with E-state index in [1.165, 1.54) is 0 Å². The van der Waals surface area contributed by atoms with Crippen LogP contribution < -0.4 is 0 Å². The van der Waals surface area contributed by atoms with Gasteiger partial charge in [-0.2, -0.15) is 5.10 Å². The van der Waals surface area contributed by atoms with Crippen LogP contribution in [-0.4, -0.2) is 21.1 Å². The van der Waals surface area contributed by atoms with E-state index in [4.69, 9.17) is 0 Å². The van der Waals surface area contributed by atoms with E-state index in [0.29, 0.717) is 0 Å². The molecule has 0 fully saturated rings. The summed E-state index contributed by atoms with van der Waals surface area (Å²) >= 11 is 0. The van der Waals surface area contributed by atoms with Crippen molar-refractivity contribution < 1.29 is 0 Å². The Hall–Kier alpha value is -1.97. The highest BCUT2D eigenvalue weighted by Gasteiger charge is 1.85. The summed E-state index contributed by atoms with van der Waals surface area (Å²) in [7, 11) is 0. The molecule has 4 heteroatoms. The van der Waals surface area contributed by atoms with Crippen molar-refractivity contribution in [2.45, 2.75) is 0 Å². The molecule has 64 valence electrons. The molecule has 0 atom stereocenters. The van der Waals surface area contributed by atoms with E-state index in [-0.39, 0.29) is 0 Å². The lowest BCUT2D eigenvalue weighted by Crippen LogP contribution is -1.86. The Bertz CT molecular complexity index is 377. The van der Waals surface area contributed by atoms with Crippen LogP contribution >= 0.6 is 0 Å². The smallest absolute Gasteiger partial charge is 0.141 e. The summed E-state index contributed by atoms with van der Waals surface area (Å²) in [6.45, 7) is 0. The number of rotatable bonds is 2. The zero-order valence-corrected chi connectivity index (χ0v) is 6.91. The number of aromatic nitrogens is 3. The van der Waals surface area contributed by atoms with Gasteiger partial charge in [-0.3, -0.25) is 0 Å². The van der Waals surface area contributed by atoms with E-state index in [1.54, 1.807) is 23.5 Å². The molecule has 2 aromatic rings. The molecule has 0 aliphatic rings. The molecule has 1 heterocycles. The molecule has 0 bridgehead atoms. The molecule has 0 N–H and O–H groups in total. The monoisotopic (exact) mass is 172 g/mol. The fourth-order valence-corrected chi connectivity index (χ4v) is 0.927. The van der Waals surface area contributed by atoms with Crippen molar-refractivity contribution >= 4 is 6.21 Å². The van der Waals surface area contributed by atoms with Crippen molar-refractivity contribution in [2.75, 3.05) is 0 Å². The molecule has 1 aromatic carbocycles. The molecule has 0 aliphatic carbocycles. The largest absolute Gasteiger partial charge is 0.208 e. The molecule has 0 saturated heterocycles. The Morgan fingerprint density at radius 2 is 1.77 bits per heavy atom. The van der Waals surface area contributed by atoms with Crippen molar-refractivity contribution in [2.24, 2.45) is 5.10 Å². The first-order chi connectivity index (χ1) is 6.45. The standard InChI is InChI=1S/C9H8N4/c1-2-4-9(5-3-1)6-12-13-7-10-11-8-13/h1-8H. The van der Waals surface area contributed by atoms with Gasteiger partial charge in [0.2, 0.25) is 0 Å². The van der Waals surface area contributed by atoms with Gasteiger partial charge in [0, 0.05) is 0 Å². The first-order valence-corrected chi connectivity index (χ1v) is 3.89. The van der Waals surface area contributed by atoms with Gasteiger partial charge in [-0.15, -0.1) is 10.2 Å². The van der Waals surface area contributed by atoms with Crippen molar-refractivity contribution in [3.63, 3.8) is 0 Å². The molecule has 13 heavy (non-hydrogen) atoms. The van der Waals surface area contributed by atoms with Crippen molar-refractivity contribution in [1.29, 1.82) is 0 Å². The number of hydrogen-bond donors (Lipinski definition) is 0. The maximum absolute atomic E-state index is 4.10. The summed E-state index contributed by atoms with van der Waals surface area (Å²) in [5.41, 5.74) is 1.05. The first-order valence-electron chi connectivity index (χ1n) is 3.89. The minimum Gasteiger partial charge on any atom is -0.208 e. The second-order valence-corrected chi connectivity index (χ2v) is 2.50. The molecular weight excluding hydrogens is 164 g/mol. The normalized spacial score (nSPS) is 10.8. The summed E-state index contributed by atoms with van der Waals surface area (Å²) in [6.07, 6.45) is 4.84. The molecule has 0 unspecified atom stereocenters. The Labute approximate surface area is 75.5 Å². The highest BCUT2D eigenvalue weighted by Crippen LogP contribution is 1.94. The lowest BCUT2D eigenvalue weighted by molar-refractivity contribution is 0.878. The average molecular weight is 172 g/mol. The number of hydrogen-bond acceptors (Lipinski definition) is 3. The fourth-order valence-electron chi connectivity index (χ4n) is 0.927. The maximum Gasteiger partial charge on any atom is 0.141 e. The third-order valence-electron chi connectivity index (χ3n) is 1.55. The van der Waals surface area contributed by atoms with Crippen LogP contribution in [-0.2, 0) is 0 Å². The second kappa shape index (κ2) is 3.62. The summed E-state index contributed by atoms with van der Waals surface area (Å²) in [6, 6.07) is 9.86. The van der Waals surface area contributed by atoms with Gasteiger partial charge in [0.25, 0.3) is 0 Å². The summed E-state index contributed by atoms with van der Waals surface area (Å²) in [5, 5.41) is 11.4. The van der Waals surface area contributed by atoms with Gasteiger partial charge in [-0.1, -0.05) is 30.3 Å². The Balaban J connectivity index is 2.15. The molecule has 4 nitrogen and oxygen atoms in total. The third-order valence-corrected chi connectivity index (χ3v) is 1.55. The predicted octanol–water partition coefficient (Wildman–Crippen LogP) is 1.16. The number of benzene rings is 1. The van der Waals surface area contributed by atoms with E-state index in [2.05, 4.69) is 15.3 Å². The van der Waals surface area contributed by atoms with Crippen LogP contribution in [0, 0.1) is 0 Å². The van der Waals surface area contributed by atoms with Crippen LogP contribution in [0.15, 0.2) is 48.1 Å². The van der Waals surface area contributed by atoms with Gasteiger partial charge in [0.15, 0.2) is 0 Å². The number of nitrogens with zero attached hydrogens (tertiary/aromatic N) is 4. The van der Waals surface area contributed by atoms with Crippen LogP contribution in [0.25, 0.3) is 0 Å². The third kappa shape index (κ3) is 1.99. The Kier molecular flexibility index (Phi) is 2.14. The van der Waals surface area contributed by atoms with E-state index in [1.807, 2.05) is 30.3 Å². The van der Waals surface area contributed by atoms with Gasteiger partial charge in [0.05, 0.1) is 6.21 Å². The molecule has 1 aromatic heterocycles. The molecule has 2 rings (SSSR count). The van der Waals surface area contributed by atoms with Crippen LogP contribution in [0.2, 0.25) is 0 Å². The van der Waals surface area contributed by atoms with Gasteiger partial charge < -0.3 is 0 Å². The van der Waals surface area contributed by atoms with Crippen molar-refractivity contribution in [1.82, 2.24) is 14.9 Å². The zero-order chi connectivity index (χ0) is 8.93. The minimum absolute atomic E-state index is 1.05. The van der Waals surface area contributed by atoms with Crippen LogP contribution in [0.3, 0.4) is 0 Å². The maximum atomic E-state index is 4.10. The van der Waals surface area contributed by atoms with Crippen LogP contribution in [0.5, 0.6) is 0 Å². The molecule has 0 amide bonds. The predicted molar refractivity (Wildman–Crippen MR) is 49.5 cm³/mol. The van der Waals surface area contributed by atoms with Gasteiger partial charge in [-0.25, -0.2) is 4.68 Å². The highest BCUT2D eigenvalue weighted by atomic mass is 15.4. The molecule has 0 aliphatic heterocycles. The van der Waals surface area contributed by atoms with Crippen molar-refractivity contribution in [3.05, 3.63) is 48.5 Å². The molecule has 0 radical (unpaired) electrons. The van der Waals surface area contributed by atoms with Gasteiger partial charge >= 0.3 is 0 Å². The Morgan fingerprint density at radius 1 is 1.08 bits per heavy atom. The SMILES string of the molecule is C(=Nn1cnnc1)c1ccccc1. The zero-order valence-electron chi connectivity index (χ0n) is 6.91. The Morgan fingerprint density at radius 3 is 2.46 bits per heavy atom. The van der Waals surface area contributed by atoms with Gasteiger partial charge in [-0.05, 0) is 5.56 Å². The van der Waals surface area contributed by atoms with E-state index >= 15 is 0 Å². The van der Waals surface area contributed by atoms with Gasteiger partial charge in [0.1, 0.15) is 12.7 Å². The molecular formula is C9H8N4. The van der Waals surface area contributed by atoms with Crippen LogP contribution in [0.4, 0.5) is 0 Å².